The highest BCUT2D eigenvalue weighted by molar-refractivity contribution is 5.89. The number of carbonyl (C=O) groups excluding carboxylic acids is 1. The highest BCUT2D eigenvalue weighted by Crippen LogP contribution is 2.09. The molecule has 0 bridgehead atoms. The molecule has 1 aromatic carbocycles. The van der Waals surface area contributed by atoms with Gasteiger partial charge in [-0.2, -0.15) is 0 Å². The van der Waals surface area contributed by atoms with Crippen molar-refractivity contribution in [3.63, 3.8) is 0 Å². The molecule has 0 spiro atoms. The molecule has 7 heteroatoms. The zero-order valence-electron chi connectivity index (χ0n) is 17.1. The molecular formula is C20H35N5O2. The van der Waals surface area contributed by atoms with Crippen LogP contribution in [0.25, 0.3) is 0 Å². The van der Waals surface area contributed by atoms with Gasteiger partial charge in [-0.15, -0.1) is 0 Å². The lowest BCUT2D eigenvalue weighted by atomic mass is 10.2. The van der Waals surface area contributed by atoms with Gasteiger partial charge in [0.2, 0.25) is 0 Å². The van der Waals surface area contributed by atoms with Crippen LogP contribution < -0.4 is 21.3 Å². The number of benzene rings is 1. The van der Waals surface area contributed by atoms with Gasteiger partial charge >= 0.3 is 6.03 Å². The van der Waals surface area contributed by atoms with Gasteiger partial charge in [0.15, 0.2) is 5.96 Å². The Morgan fingerprint density at radius 2 is 1.81 bits per heavy atom. The molecule has 0 aliphatic heterocycles. The first-order valence-corrected chi connectivity index (χ1v) is 9.73. The van der Waals surface area contributed by atoms with Crippen molar-refractivity contribution in [1.29, 1.82) is 0 Å². The average molecular weight is 378 g/mol. The van der Waals surface area contributed by atoms with Gasteiger partial charge in [-0.3, -0.25) is 4.99 Å². The zero-order valence-corrected chi connectivity index (χ0v) is 17.1. The van der Waals surface area contributed by atoms with Crippen molar-refractivity contribution in [3.05, 3.63) is 29.8 Å². The van der Waals surface area contributed by atoms with Gasteiger partial charge in [-0.1, -0.05) is 25.5 Å². The second-order valence-electron chi connectivity index (χ2n) is 6.62. The lowest BCUT2D eigenvalue weighted by Crippen LogP contribution is -2.37. The van der Waals surface area contributed by atoms with Crippen molar-refractivity contribution < 1.29 is 9.53 Å². The van der Waals surface area contributed by atoms with Gasteiger partial charge in [-0.25, -0.2) is 4.79 Å². The summed E-state index contributed by atoms with van der Waals surface area (Å²) in [5.41, 5.74) is 1.87. The Bertz CT molecular complexity index is 558. The van der Waals surface area contributed by atoms with Crippen molar-refractivity contribution in [1.82, 2.24) is 16.0 Å². The predicted octanol–water partition coefficient (Wildman–Crippen LogP) is 3.09. The number of nitrogens with one attached hydrogen (secondary N) is 4. The zero-order chi connectivity index (χ0) is 19.9. The van der Waals surface area contributed by atoms with Gasteiger partial charge in [-0.05, 0) is 44.4 Å². The summed E-state index contributed by atoms with van der Waals surface area (Å²) >= 11 is 0. The SMILES string of the molecule is CCCCOCCCNC(=NC)NCc1ccc(NC(=O)NC(C)C)cc1. The number of aliphatic imine (C=N–C) groups is 1. The van der Waals surface area contributed by atoms with E-state index >= 15 is 0 Å². The van der Waals surface area contributed by atoms with Crippen LogP contribution in [0.4, 0.5) is 10.5 Å². The Balaban J connectivity index is 2.27. The van der Waals surface area contributed by atoms with Crippen LogP contribution in [-0.2, 0) is 11.3 Å². The highest BCUT2D eigenvalue weighted by atomic mass is 16.5. The molecule has 27 heavy (non-hydrogen) atoms. The number of nitrogens with zero attached hydrogens (tertiary/aromatic N) is 1. The molecule has 0 fully saturated rings. The first-order chi connectivity index (χ1) is 13.0. The van der Waals surface area contributed by atoms with Gasteiger partial charge in [0, 0.05) is 45.1 Å². The van der Waals surface area contributed by atoms with E-state index in [-0.39, 0.29) is 12.1 Å². The first kappa shape index (κ1) is 22.8. The third kappa shape index (κ3) is 11.1. The largest absolute Gasteiger partial charge is 0.381 e. The van der Waals surface area contributed by atoms with Crippen molar-refractivity contribution in [2.45, 2.75) is 52.6 Å². The summed E-state index contributed by atoms with van der Waals surface area (Å²) in [6, 6.07) is 7.65. The summed E-state index contributed by atoms with van der Waals surface area (Å²) in [7, 11) is 1.76. The van der Waals surface area contributed by atoms with Crippen molar-refractivity contribution >= 4 is 17.7 Å². The smallest absolute Gasteiger partial charge is 0.319 e. The second-order valence-corrected chi connectivity index (χ2v) is 6.62. The van der Waals surface area contributed by atoms with Gasteiger partial charge in [0.25, 0.3) is 0 Å². The van der Waals surface area contributed by atoms with Crippen molar-refractivity contribution in [2.75, 3.05) is 32.1 Å². The third-order valence-electron chi connectivity index (χ3n) is 3.72. The van der Waals surface area contributed by atoms with Crippen LogP contribution in [0.3, 0.4) is 0 Å². The monoisotopic (exact) mass is 377 g/mol. The molecule has 0 radical (unpaired) electrons. The minimum absolute atomic E-state index is 0.107. The molecule has 4 N–H and O–H groups in total. The molecule has 0 unspecified atom stereocenters. The fourth-order valence-corrected chi connectivity index (χ4v) is 2.27. The number of unbranched alkanes of at least 4 members (excludes halogenated alkanes) is 1. The Labute approximate surface area is 163 Å². The van der Waals surface area contributed by atoms with Crippen LogP contribution in [0.1, 0.15) is 45.6 Å². The summed E-state index contributed by atoms with van der Waals surface area (Å²) in [6.07, 6.45) is 3.23. The lowest BCUT2D eigenvalue weighted by molar-refractivity contribution is 0.129. The molecule has 7 nitrogen and oxygen atoms in total. The second kappa shape index (κ2) is 13.9. The first-order valence-electron chi connectivity index (χ1n) is 9.73. The van der Waals surface area contributed by atoms with E-state index in [9.17, 15) is 4.79 Å². The van der Waals surface area contributed by atoms with E-state index < -0.39 is 0 Å². The maximum atomic E-state index is 11.7. The number of ether oxygens (including phenoxy) is 1. The van der Waals surface area contributed by atoms with Crippen LogP contribution >= 0.6 is 0 Å². The molecular weight excluding hydrogens is 342 g/mol. The number of hydrogen-bond acceptors (Lipinski definition) is 3. The molecule has 0 aromatic heterocycles. The van der Waals surface area contributed by atoms with Gasteiger partial charge in [0.05, 0.1) is 0 Å². The van der Waals surface area contributed by atoms with Crippen LogP contribution in [0.2, 0.25) is 0 Å². The molecule has 1 rings (SSSR count). The maximum absolute atomic E-state index is 11.7. The summed E-state index contributed by atoms with van der Waals surface area (Å²) in [4.78, 5) is 15.9. The van der Waals surface area contributed by atoms with E-state index in [0.717, 1.165) is 56.2 Å². The molecule has 0 saturated carbocycles. The Hall–Kier alpha value is -2.28. The van der Waals surface area contributed by atoms with Gasteiger partial charge in [0.1, 0.15) is 0 Å². The van der Waals surface area contributed by atoms with E-state index in [1.807, 2.05) is 38.1 Å². The summed E-state index contributed by atoms with van der Waals surface area (Å²) < 4.78 is 5.54. The fraction of sp³-hybridized carbons (Fsp3) is 0.600. The summed E-state index contributed by atoms with van der Waals surface area (Å²) in [5.74, 6) is 0.766. The standard InChI is InChI=1S/C20H35N5O2/c1-5-6-13-27-14-7-12-22-19(21-4)23-15-17-8-10-18(11-9-17)25-20(26)24-16(2)3/h8-11,16H,5-7,12-15H2,1-4H3,(H2,21,22,23)(H2,24,25,26). The maximum Gasteiger partial charge on any atom is 0.319 e. The highest BCUT2D eigenvalue weighted by Gasteiger charge is 2.03. The third-order valence-corrected chi connectivity index (χ3v) is 3.72. The number of urea groups is 1. The number of guanidine groups is 1. The molecule has 0 heterocycles. The number of hydrogen-bond donors (Lipinski definition) is 4. The molecule has 152 valence electrons. The van der Waals surface area contributed by atoms with Crippen LogP contribution in [0.5, 0.6) is 0 Å². The molecule has 0 saturated heterocycles. The fourth-order valence-electron chi connectivity index (χ4n) is 2.27. The minimum Gasteiger partial charge on any atom is -0.381 e. The predicted molar refractivity (Wildman–Crippen MR) is 112 cm³/mol. The van der Waals surface area contributed by atoms with Crippen LogP contribution in [-0.4, -0.2) is 44.8 Å². The molecule has 0 atom stereocenters. The lowest BCUT2D eigenvalue weighted by Gasteiger charge is -2.13. The van der Waals surface area contributed by atoms with Gasteiger partial charge < -0.3 is 26.0 Å². The van der Waals surface area contributed by atoms with E-state index in [1.54, 1.807) is 7.05 Å². The van der Waals surface area contributed by atoms with E-state index in [1.165, 1.54) is 0 Å². The average Bonchev–Trinajstić information content (AvgIpc) is 2.64. The Kier molecular flexibility index (Phi) is 11.7. The Morgan fingerprint density at radius 1 is 1.11 bits per heavy atom. The molecule has 0 aliphatic rings. The molecule has 2 amide bonds. The Morgan fingerprint density at radius 3 is 2.44 bits per heavy atom. The topological polar surface area (TPSA) is 86.8 Å². The van der Waals surface area contributed by atoms with Crippen molar-refractivity contribution in [3.8, 4) is 0 Å². The number of anilines is 1. The van der Waals surface area contributed by atoms with E-state index in [4.69, 9.17) is 4.74 Å². The minimum atomic E-state index is -0.195. The van der Waals surface area contributed by atoms with Crippen molar-refractivity contribution in [2.24, 2.45) is 4.99 Å². The summed E-state index contributed by atoms with van der Waals surface area (Å²) in [5, 5.41) is 12.2. The van der Waals surface area contributed by atoms with E-state index in [2.05, 4.69) is 33.2 Å². The van der Waals surface area contributed by atoms with E-state index in [0.29, 0.717) is 6.54 Å². The summed E-state index contributed by atoms with van der Waals surface area (Å²) in [6.45, 7) is 9.10. The number of amides is 2. The van der Waals surface area contributed by atoms with Crippen LogP contribution in [0, 0.1) is 0 Å². The quantitative estimate of drug-likeness (QED) is 0.271. The molecule has 0 aliphatic carbocycles. The number of carbonyl (C=O) groups is 1. The van der Waals surface area contributed by atoms with Crippen LogP contribution in [0.15, 0.2) is 29.3 Å². The number of rotatable bonds is 11. The molecule has 1 aromatic rings. The normalized spacial score (nSPS) is 11.4.